The van der Waals surface area contributed by atoms with E-state index in [1.54, 1.807) is 0 Å². The Bertz CT molecular complexity index is 1150. The molecule has 0 aliphatic heterocycles. The van der Waals surface area contributed by atoms with E-state index in [1.807, 2.05) is 0 Å². The Labute approximate surface area is 314 Å². The maximum absolute atomic E-state index is 2.24. The monoisotopic (exact) mass is 1060 g/mol. The molecular weight excluding hydrogens is 1030 g/mol. The van der Waals surface area contributed by atoms with Gasteiger partial charge in [-0.2, -0.15) is 0 Å². The Hall–Kier alpha value is -0.725. The van der Waals surface area contributed by atoms with Crippen LogP contribution in [0.4, 0.5) is 0 Å². The van der Waals surface area contributed by atoms with E-state index in [2.05, 4.69) is 182 Å². The summed E-state index contributed by atoms with van der Waals surface area (Å²) in [5.74, 6) is 0. The summed E-state index contributed by atoms with van der Waals surface area (Å²) in [7, 11) is 0. The minimum atomic E-state index is -0.517. The van der Waals surface area contributed by atoms with E-state index in [9.17, 15) is 0 Å². The topological polar surface area (TPSA) is 0 Å². The summed E-state index contributed by atoms with van der Waals surface area (Å²) in [4.78, 5) is 0. The zero-order chi connectivity index (χ0) is 26.8. The van der Waals surface area contributed by atoms with Crippen LogP contribution in [0.2, 0.25) is 0 Å². The van der Waals surface area contributed by atoms with E-state index in [1.165, 1.54) is 21.5 Å². The number of hydrogen-bond donors (Lipinski definition) is 0. The third-order valence-electron chi connectivity index (χ3n) is 5.51. The summed E-state index contributed by atoms with van der Waals surface area (Å²) >= 11 is -1.55. The predicted molar refractivity (Wildman–Crippen MR) is 191 cm³/mol. The van der Waals surface area contributed by atoms with Crippen LogP contribution in [0.15, 0.2) is 182 Å². The molecule has 0 bridgehead atoms. The molecule has 0 aliphatic rings. The van der Waals surface area contributed by atoms with Crippen LogP contribution < -0.4 is 21.5 Å². The van der Waals surface area contributed by atoms with Gasteiger partial charge in [0.15, 0.2) is 0 Å². The fraction of sp³-hybridized carbons (Fsp3) is 0. The Morgan fingerprint density at radius 2 is 0.310 bits per heavy atom. The Kier molecular flexibility index (Phi) is 23.0. The molecule has 42 heavy (non-hydrogen) atoms. The molecule has 0 atom stereocenters. The van der Waals surface area contributed by atoms with Crippen molar-refractivity contribution in [2.75, 3.05) is 0 Å². The summed E-state index contributed by atoms with van der Waals surface area (Å²) in [6.45, 7) is 0. The molecule has 0 amide bonds. The molecule has 0 aliphatic carbocycles. The molecule has 0 aromatic heterocycles. The van der Waals surface area contributed by atoms with Crippen molar-refractivity contribution in [1.82, 2.24) is 0 Å². The van der Waals surface area contributed by atoms with Gasteiger partial charge in [0.25, 0.3) is 0 Å². The van der Waals surface area contributed by atoms with E-state index < -0.39 is 63.4 Å². The van der Waals surface area contributed by atoms with Gasteiger partial charge in [-0.1, -0.05) is 0 Å². The summed E-state index contributed by atoms with van der Waals surface area (Å²) in [6.07, 6.45) is 0. The zero-order valence-electron chi connectivity index (χ0n) is 23.0. The van der Waals surface area contributed by atoms with Crippen LogP contribution in [0.1, 0.15) is 0 Å². The molecule has 6 aromatic carbocycles. The Morgan fingerprint density at radius 3 is 0.429 bits per heavy atom. The van der Waals surface area contributed by atoms with Gasteiger partial charge in [-0.15, -0.1) is 0 Å². The van der Waals surface area contributed by atoms with Crippen LogP contribution >= 0.6 is 0 Å². The third-order valence-corrected chi connectivity index (χ3v) is 16.2. The molecule has 0 saturated heterocycles. The van der Waals surface area contributed by atoms with Crippen LogP contribution in [-0.2, 0) is 0 Å². The average molecular weight is 1060 g/mol. The van der Waals surface area contributed by atoms with Gasteiger partial charge in [0.2, 0.25) is 0 Å². The van der Waals surface area contributed by atoms with Crippen molar-refractivity contribution in [1.29, 1.82) is 0 Å². The maximum atomic E-state index is 2.24. The first-order chi connectivity index (χ1) is 19.3. The Morgan fingerprint density at radius 1 is 0.190 bits per heavy atom. The first-order valence-electron chi connectivity index (χ1n) is 13.0. The van der Waals surface area contributed by atoms with Gasteiger partial charge < -0.3 is 0 Å². The number of rotatable bonds is 6. The summed E-state index contributed by atoms with van der Waals surface area (Å²) in [5.41, 5.74) is 0. The average Bonchev–Trinajstić information content (AvgIpc) is 3.01. The second-order valence-corrected chi connectivity index (χ2v) is 20.6. The molecule has 0 unspecified atom stereocenters. The molecular formula is C36H30Se3Sn3. The molecule has 0 N–H and O–H groups in total. The molecule has 0 heterocycles. The van der Waals surface area contributed by atoms with Gasteiger partial charge in [-0.25, -0.2) is 0 Å². The molecule has 6 heteroatoms. The van der Waals surface area contributed by atoms with Gasteiger partial charge in [0, 0.05) is 51.2 Å². The van der Waals surface area contributed by atoms with Crippen LogP contribution in [0, 0.1) is 0 Å². The SMILES string of the molecule is [Se].[Se].[Se].c1cc[c]([Sn][c]2ccccc2)cc1.c1cc[c]([Sn][c]2ccccc2)cc1.c1cc[c]([Sn][c]2ccccc2)cc1. The fourth-order valence-electron chi connectivity index (χ4n) is 3.63. The van der Waals surface area contributed by atoms with Gasteiger partial charge in [0.1, 0.15) is 0 Å². The van der Waals surface area contributed by atoms with Crippen molar-refractivity contribution in [3.63, 3.8) is 0 Å². The molecule has 6 aromatic rings. The fourth-order valence-corrected chi connectivity index (χ4v) is 12.6. The van der Waals surface area contributed by atoms with Crippen LogP contribution in [0.3, 0.4) is 0 Å². The van der Waals surface area contributed by atoms with Gasteiger partial charge in [-0.3, -0.25) is 0 Å². The van der Waals surface area contributed by atoms with E-state index in [-0.39, 0.29) is 51.2 Å². The van der Waals surface area contributed by atoms with Gasteiger partial charge in [-0.05, 0) is 0 Å². The van der Waals surface area contributed by atoms with Crippen molar-refractivity contribution in [3.05, 3.63) is 182 Å². The van der Waals surface area contributed by atoms with Crippen molar-refractivity contribution in [3.8, 4) is 0 Å². The summed E-state index contributed by atoms with van der Waals surface area (Å²) < 4.78 is 9.24. The van der Waals surface area contributed by atoms with E-state index in [4.69, 9.17) is 0 Å². The molecule has 12 radical (unpaired) electrons. The van der Waals surface area contributed by atoms with Crippen molar-refractivity contribution in [2.45, 2.75) is 0 Å². The van der Waals surface area contributed by atoms with Crippen LogP contribution in [-0.4, -0.2) is 115 Å². The van der Waals surface area contributed by atoms with Crippen molar-refractivity contribution < 1.29 is 0 Å². The number of hydrogen-bond acceptors (Lipinski definition) is 0. The predicted octanol–water partition coefficient (Wildman–Crippen LogP) is 2.88. The Balaban J connectivity index is 0.000000304. The standard InChI is InChI=1S/6C6H5.3Se.3Sn/c6*1-2-4-6-5-3-1;;;;;;/h6*1-5H;;;;;;. The molecule has 0 nitrogen and oxygen atoms in total. The van der Waals surface area contributed by atoms with Gasteiger partial charge in [0.05, 0.1) is 0 Å². The molecule has 6 rings (SSSR count). The van der Waals surface area contributed by atoms with Gasteiger partial charge >= 0.3 is 267 Å². The first-order valence-corrected chi connectivity index (χ1v) is 21.5. The molecule has 0 spiro atoms. The summed E-state index contributed by atoms with van der Waals surface area (Å²) in [6, 6.07) is 64.8. The minimum absolute atomic E-state index is 0. The molecule has 0 fully saturated rings. The third kappa shape index (κ3) is 16.4. The number of benzene rings is 6. The van der Waals surface area contributed by atoms with E-state index in [0.29, 0.717) is 0 Å². The van der Waals surface area contributed by atoms with Crippen LogP contribution in [0.5, 0.6) is 0 Å². The van der Waals surface area contributed by atoms with Crippen molar-refractivity contribution >= 4 is 136 Å². The van der Waals surface area contributed by atoms with Crippen molar-refractivity contribution in [2.24, 2.45) is 0 Å². The summed E-state index contributed by atoms with van der Waals surface area (Å²) in [5, 5.41) is 0. The molecule has 204 valence electrons. The normalized spacial score (nSPS) is 9.14. The quantitative estimate of drug-likeness (QED) is 0.226. The molecule has 0 saturated carbocycles. The van der Waals surface area contributed by atoms with E-state index in [0.717, 1.165) is 0 Å². The second kappa shape index (κ2) is 24.6. The zero-order valence-corrected chi connectivity index (χ0v) is 36.7. The first kappa shape index (κ1) is 39.3. The van der Waals surface area contributed by atoms with E-state index >= 15 is 0 Å². The second-order valence-electron chi connectivity index (χ2n) is 8.57. The van der Waals surface area contributed by atoms with Crippen LogP contribution in [0.25, 0.3) is 0 Å².